The number of ketones is 1. The Morgan fingerprint density at radius 2 is 2.08 bits per heavy atom. The zero-order valence-corrected chi connectivity index (χ0v) is 8.75. The molecule has 0 heterocycles. The van der Waals surface area contributed by atoms with E-state index in [1.54, 1.807) is 0 Å². The van der Waals surface area contributed by atoms with Crippen LogP contribution in [0.1, 0.15) is 19.8 Å². The van der Waals surface area contributed by atoms with Crippen molar-refractivity contribution >= 4 is 21.7 Å². The summed E-state index contributed by atoms with van der Waals surface area (Å²) < 4.78 is 0. The van der Waals surface area contributed by atoms with Crippen molar-refractivity contribution in [1.29, 1.82) is 0 Å². The molecule has 0 amide bonds. The second-order valence-electron chi connectivity index (χ2n) is 2.95. The van der Waals surface area contributed by atoms with Gasteiger partial charge in [-0.3, -0.25) is 4.79 Å². The summed E-state index contributed by atoms with van der Waals surface area (Å²) in [4.78, 5) is 11.6. The molecular formula is C10H13BrO. The van der Waals surface area contributed by atoms with Crippen LogP contribution >= 0.6 is 15.9 Å². The molecule has 1 aliphatic rings. The van der Waals surface area contributed by atoms with Gasteiger partial charge in [-0.2, -0.15) is 0 Å². The highest BCUT2D eigenvalue weighted by Gasteiger charge is 2.21. The third-order valence-electron chi connectivity index (χ3n) is 1.93. The van der Waals surface area contributed by atoms with Crippen molar-refractivity contribution in [3.05, 3.63) is 24.3 Å². The molecule has 1 atom stereocenters. The number of Topliss-reactive ketones (excluding diaryl/α,β-unsaturated/α-hetero) is 1. The number of halogens is 1. The van der Waals surface area contributed by atoms with Crippen LogP contribution in [0.5, 0.6) is 0 Å². The molecule has 0 radical (unpaired) electrons. The van der Waals surface area contributed by atoms with Crippen LogP contribution in [-0.4, -0.2) is 10.6 Å². The maximum atomic E-state index is 11.6. The Hall–Kier alpha value is -0.370. The fourth-order valence-corrected chi connectivity index (χ4v) is 1.99. The molecule has 0 aromatic carbocycles. The van der Waals surface area contributed by atoms with Crippen molar-refractivity contribution in [3.8, 4) is 0 Å². The van der Waals surface area contributed by atoms with E-state index in [2.05, 4.69) is 22.9 Å². The van der Waals surface area contributed by atoms with Gasteiger partial charge in [0.05, 0.1) is 10.7 Å². The third kappa shape index (κ3) is 2.31. The zero-order chi connectivity index (χ0) is 8.97. The summed E-state index contributed by atoms with van der Waals surface area (Å²) in [6.07, 6.45) is 9.69. The number of alkyl halides is 1. The van der Waals surface area contributed by atoms with E-state index in [1.165, 1.54) is 0 Å². The Balaban J connectivity index is 2.46. The first kappa shape index (κ1) is 9.72. The van der Waals surface area contributed by atoms with Crippen molar-refractivity contribution in [3.63, 3.8) is 0 Å². The summed E-state index contributed by atoms with van der Waals surface area (Å²) in [5, 5.41) is 0. The number of rotatable bonds is 4. The van der Waals surface area contributed by atoms with E-state index < -0.39 is 0 Å². The molecule has 0 aliphatic heterocycles. The number of allylic oxidation sites excluding steroid dienone is 4. The maximum Gasteiger partial charge on any atom is 0.157 e. The Kier molecular flexibility index (Phi) is 3.73. The van der Waals surface area contributed by atoms with Crippen LogP contribution in [0.15, 0.2) is 24.3 Å². The first-order valence-electron chi connectivity index (χ1n) is 4.28. The maximum absolute atomic E-state index is 11.6. The average molecular weight is 229 g/mol. The molecule has 12 heavy (non-hydrogen) atoms. The number of carbonyl (C=O) groups is 1. The molecule has 1 nitrogen and oxygen atoms in total. The highest BCUT2D eigenvalue weighted by atomic mass is 79.9. The molecule has 0 aromatic heterocycles. The van der Waals surface area contributed by atoms with Crippen molar-refractivity contribution in [2.45, 2.75) is 24.6 Å². The van der Waals surface area contributed by atoms with Crippen LogP contribution in [0.4, 0.5) is 0 Å². The molecule has 0 spiro atoms. The van der Waals surface area contributed by atoms with Gasteiger partial charge in [0.25, 0.3) is 0 Å². The van der Waals surface area contributed by atoms with Crippen molar-refractivity contribution in [2.75, 3.05) is 0 Å². The Bertz CT molecular complexity index is 206. The van der Waals surface area contributed by atoms with E-state index in [9.17, 15) is 4.79 Å². The standard InChI is InChI=1S/C10H13BrO/c1-2-5-9(11)10(12)8-6-3-4-7-8/h3-4,6-9H,2,5H2,1H3. The van der Waals surface area contributed by atoms with Gasteiger partial charge < -0.3 is 0 Å². The predicted molar refractivity (Wildman–Crippen MR) is 54.4 cm³/mol. The van der Waals surface area contributed by atoms with Crippen LogP contribution in [0.3, 0.4) is 0 Å². The SMILES string of the molecule is CCCC(Br)C(=O)C1C=CC=C1. The van der Waals surface area contributed by atoms with E-state index in [0.717, 1.165) is 12.8 Å². The molecule has 2 heteroatoms. The van der Waals surface area contributed by atoms with Crippen molar-refractivity contribution in [2.24, 2.45) is 5.92 Å². The van der Waals surface area contributed by atoms with Crippen LogP contribution in [-0.2, 0) is 4.79 Å². The first-order valence-corrected chi connectivity index (χ1v) is 5.20. The topological polar surface area (TPSA) is 17.1 Å². The molecule has 0 aromatic rings. The molecule has 0 N–H and O–H groups in total. The van der Waals surface area contributed by atoms with Gasteiger partial charge in [-0.25, -0.2) is 0 Å². The number of hydrogen-bond donors (Lipinski definition) is 0. The van der Waals surface area contributed by atoms with E-state index in [-0.39, 0.29) is 16.5 Å². The lowest BCUT2D eigenvalue weighted by Crippen LogP contribution is -2.20. The Morgan fingerprint density at radius 1 is 1.50 bits per heavy atom. The van der Waals surface area contributed by atoms with Crippen LogP contribution in [0.2, 0.25) is 0 Å². The highest BCUT2D eigenvalue weighted by molar-refractivity contribution is 9.10. The van der Waals surface area contributed by atoms with E-state index in [4.69, 9.17) is 0 Å². The fourth-order valence-electron chi connectivity index (χ4n) is 1.23. The lowest BCUT2D eigenvalue weighted by atomic mass is 10.0. The highest BCUT2D eigenvalue weighted by Crippen LogP contribution is 2.19. The number of hydrogen-bond acceptors (Lipinski definition) is 1. The summed E-state index contributed by atoms with van der Waals surface area (Å²) in [7, 11) is 0. The summed E-state index contributed by atoms with van der Waals surface area (Å²) >= 11 is 3.40. The predicted octanol–water partition coefficient (Wildman–Crippen LogP) is 2.86. The Morgan fingerprint density at radius 3 is 2.58 bits per heavy atom. The summed E-state index contributed by atoms with van der Waals surface area (Å²) in [5.74, 6) is 0.294. The molecule has 0 saturated heterocycles. The van der Waals surface area contributed by atoms with Gasteiger partial charge in [-0.05, 0) is 6.42 Å². The fraction of sp³-hybridized carbons (Fsp3) is 0.500. The third-order valence-corrected chi connectivity index (χ3v) is 2.84. The second kappa shape index (κ2) is 4.61. The molecule has 1 aliphatic carbocycles. The second-order valence-corrected chi connectivity index (χ2v) is 4.06. The monoisotopic (exact) mass is 228 g/mol. The molecular weight excluding hydrogens is 216 g/mol. The molecule has 0 fully saturated rings. The van der Waals surface area contributed by atoms with Crippen LogP contribution in [0.25, 0.3) is 0 Å². The average Bonchev–Trinajstić information content (AvgIpc) is 2.55. The van der Waals surface area contributed by atoms with Gasteiger partial charge in [0, 0.05) is 0 Å². The van der Waals surface area contributed by atoms with Gasteiger partial charge in [0.15, 0.2) is 5.78 Å². The Labute approximate surface area is 81.7 Å². The van der Waals surface area contributed by atoms with Crippen LogP contribution in [0, 0.1) is 5.92 Å². The molecule has 1 rings (SSSR count). The molecule has 66 valence electrons. The van der Waals surface area contributed by atoms with Gasteiger partial charge in [-0.15, -0.1) is 0 Å². The smallest absolute Gasteiger partial charge is 0.157 e. The van der Waals surface area contributed by atoms with Gasteiger partial charge in [-0.1, -0.05) is 53.6 Å². The van der Waals surface area contributed by atoms with Crippen molar-refractivity contribution in [1.82, 2.24) is 0 Å². The van der Waals surface area contributed by atoms with Gasteiger partial charge >= 0.3 is 0 Å². The van der Waals surface area contributed by atoms with E-state index in [1.807, 2.05) is 24.3 Å². The van der Waals surface area contributed by atoms with E-state index in [0.29, 0.717) is 0 Å². The normalized spacial score (nSPS) is 18.5. The molecule has 0 bridgehead atoms. The summed E-state index contributed by atoms with van der Waals surface area (Å²) in [6, 6.07) is 0. The molecule has 0 saturated carbocycles. The summed E-state index contributed by atoms with van der Waals surface area (Å²) in [5.41, 5.74) is 0. The summed E-state index contributed by atoms with van der Waals surface area (Å²) in [6.45, 7) is 2.09. The minimum Gasteiger partial charge on any atom is -0.297 e. The molecule has 1 unspecified atom stereocenters. The van der Waals surface area contributed by atoms with E-state index >= 15 is 0 Å². The lowest BCUT2D eigenvalue weighted by molar-refractivity contribution is -0.119. The van der Waals surface area contributed by atoms with Gasteiger partial charge in [0.1, 0.15) is 0 Å². The minimum absolute atomic E-state index is 0.0147. The zero-order valence-electron chi connectivity index (χ0n) is 7.16. The number of carbonyl (C=O) groups excluding carboxylic acids is 1. The first-order chi connectivity index (χ1) is 5.75. The van der Waals surface area contributed by atoms with Crippen LogP contribution < -0.4 is 0 Å². The van der Waals surface area contributed by atoms with Crippen molar-refractivity contribution < 1.29 is 4.79 Å². The lowest BCUT2D eigenvalue weighted by Gasteiger charge is -2.09. The minimum atomic E-state index is 0.0147. The largest absolute Gasteiger partial charge is 0.297 e. The van der Waals surface area contributed by atoms with Gasteiger partial charge in [0.2, 0.25) is 0 Å². The quantitative estimate of drug-likeness (QED) is 0.677.